The lowest BCUT2D eigenvalue weighted by molar-refractivity contribution is 0.0516. The van der Waals surface area contributed by atoms with Crippen LogP contribution in [0.5, 0.6) is 11.5 Å². The Morgan fingerprint density at radius 3 is 1.60 bits per heavy atom. The number of hydrogen-bond donors (Lipinski definition) is 1. The van der Waals surface area contributed by atoms with Crippen LogP contribution in [0, 0.1) is 0 Å². The van der Waals surface area contributed by atoms with E-state index in [1.54, 1.807) is 13.8 Å². The second-order valence-electron chi connectivity index (χ2n) is 6.01. The summed E-state index contributed by atoms with van der Waals surface area (Å²) in [5.74, 6) is -0.551. The molecule has 2 aromatic rings. The fourth-order valence-electron chi connectivity index (χ4n) is 2.33. The lowest BCUT2D eigenvalue weighted by atomic mass is 10.2. The van der Waals surface area contributed by atoms with Gasteiger partial charge in [-0.1, -0.05) is 23.2 Å². The molecule has 2 aromatic carbocycles. The normalized spacial score (nSPS) is 10.6. The van der Waals surface area contributed by atoms with Crippen LogP contribution in [0.2, 0.25) is 10.0 Å². The van der Waals surface area contributed by atoms with Gasteiger partial charge >= 0.3 is 11.9 Å². The molecule has 0 aromatic heterocycles. The lowest BCUT2D eigenvalue weighted by Gasteiger charge is -2.16. The summed E-state index contributed by atoms with van der Waals surface area (Å²) < 4.78 is 20.9. The summed E-state index contributed by atoms with van der Waals surface area (Å²) in [6.45, 7) is 3.59. The third-order valence-corrected chi connectivity index (χ3v) is 4.37. The van der Waals surface area contributed by atoms with Crippen molar-refractivity contribution in [3.05, 3.63) is 57.6 Å². The highest BCUT2D eigenvalue weighted by Crippen LogP contribution is 2.27. The van der Waals surface area contributed by atoms with Crippen molar-refractivity contribution in [3.8, 4) is 11.5 Å². The van der Waals surface area contributed by atoms with Crippen LogP contribution in [0.25, 0.3) is 0 Å². The molecule has 0 amide bonds. The van der Waals surface area contributed by atoms with Crippen LogP contribution < -0.4 is 9.47 Å². The molecule has 0 saturated carbocycles. The minimum Gasteiger partial charge on any atom is -0.489 e. The van der Waals surface area contributed by atoms with Gasteiger partial charge in [0.05, 0.1) is 34.4 Å². The molecular formula is C21H22Cl2O7. The molecule has 0 bridgehead atoms. The second kappa shape index (κ2) is 11.6. The molecule has 0 atom stereocenters. The van der Waals surface area contributed by atoms with E-state index in [0.717, 1.165) is 0 Å². The number of aliphatic hydroxyl groups is 1. The van der Waals surface area contributed by atoms with Crippen LogP contribution in [-0.4, -0.2) is 49.6 Å². The van der Waals surface area contributed by atoms with E-state index in [-0.39, 0.29) is 59.1 Å². The Morgan fingerprint density at radius 1 is 0.833 bits per heavy atom. The third kappa shape index (κ3) is 6.79. The van der Waals surface area contributed by atoms with E-state index in [0.29, 0.717) is 0 Å². The van der Waals surface area contributed by atoms with Crippen molar-refractivity contribution in [2.75, 3.05) is 26.4 Å². The van der Waals surface area contributed by atoms with E-state index in [1.165, 1.54) is 36.4 Å². The number of carbonyl (C=O) groups excluding carboxylic acids is 2. The maximum atomic E-state index is 11.8. The fraction of sp³-hybridized carbons (Fsp3) is 0.333. The molecule has 0 aliphatic carbocycles. The summed E-state index contributed by atoms with van der Waals surface area (Å²) in [5.41, 5.74) is 0.564. The van der Waals surface area contributed by atoms with E-state index in [9.17, 15) is 14.7 Å². The Hall–Kier alpha value is -2.48. The average Bonchev–Trinajstić information content (AvgIpc) is 2.72. The largest absolute Gasteiger partial charge is 0.489 e. The topological polar surface area (TPSA) is 91.3 Å². The van der Waals surface area contributed by atoms with E-state index in [1.807, 2.05) is 0 Å². The molecule has 0 heterocycles. The number of carbonyl (C=O) groups is 2. The number of aliphatic hydroxyl groups excluding tert-OH is 1. The van der Waals surface area contributed by atoms with Crippen molar-refractivity contribution in [1.29, 1.82) is 0 Å². The molecule has 0 unspecified atom stereocenters. The van der Waals surface area contributed by atoms with Crippen molar-refractivity contribution >= 4 is 35.1 Å². The summed E-state index contributed by atoms with van der Waals surface area (Å²) in [7, 11) is 0. The molecule has 0 saturated heterocycles. The molecule has 162 valence electrons. The minimum absolute atomic E-state index is 0.152. The van der Waals surface area contributed by atoms with Crippen LogP contribution in [0.15, 0.2) is 36.4 Å². The van der Waals surface area contributed by atoms with Gasteiger partial charge in [-0.25, -0.2) is 9.59 Å². The van der Waals surface area contributed by atoms with Gasteiger partial charge in [-0.15, -0.1) is 0 Å². The Morgan fingerprint density at radius 2 is 1.23 bits per heavy atom. The van der Waals surface area contributed by atoms with Gasteiger partial charge in [0.1, 0.15) is 30.8 Å². The zero-order valence-corrected chi connectivity index (χ0v) is 18.0. The highest BCUT2D eigenvalue weighted by Gasteiger charge is 2.15. The molecule has 0 spiro atoms. The van der Waals surface area contributed by atoms with Gasteiger partial charge in [0.2, 0.25) is 0 Å². The first-order chi connectivity index (χ1) is 14.3. The molecule has 7 nitrogen and oxygen atoms in total. The van der Waals surface area contributed by atoms with Crippen molar-refractivity contribution in [2.24, 2.45) is 0 Å². The molecule has 1 N–H and O–H groups in total. The van der Waals surface area contributed by atoms with Gasteiger partial charge in [0.15, 0.2) is 0 Å². The zero-order valence-electron chi connectivity index (χ0n) is 16.5. The molecule has 30 heavy (non-hydrogen) atoms. The molecule has 0 radical (unpaired) electrons. The Kier molecular flexibility index (Phi) is 9.23. The molecule has 0 aliphatic heterocycles. The van der Waals surface area contributed by atoms with Crippen LogP contribution in [-0.2, 0) is 9.47 Å². The van der Waals surface area contributed by atoms with Crippen molar-refractivity contribution in [2.45, 2.75) is 20.0 Å². The molecule has 0 fully saturated rings. The summed E-state index contributed by atoms with van der Waals surface area (Å²) in [5, 5.41) is 10.7. The van der Waals surface area contributed by atoms with E-state index >= 15 is 0 Å². The van der Waals surface area contributed by atoms with Crippen LogP contribution in [0.1, 0.15) is 34.6 Å². The Labute approximate surface area is 184 Å². The van der Waals surface area contributed by atoms with Crippen LogP contribution >= 0.6 is 23.2 Å². The first kappa shape index (κ1) is 23.8. The van der Waals surface area contributed by atoms with E-state index in [4.69, 9.17) is 42.1 Å². The highest BCUT2D eigenvalue weighted by molar-refractivity contribution is 6.32. The number of esters is 2. The van der Waals surface area contributed by atoms with Gasteiger partial charge in [0, 0.05) is 0 Å². The highest BCUT2D eigenvalue weighted by atomic mass is 35.5. The van der Waals surface area contributed by atoms with Gasteiger partial charge in [-0.05, 0) is 50.2 Å². The fourth-order valence-corrected chi connectivity index (χ4v) is 2.68. The molecular weight excluding hydrogens is 435 g/mol. The Balaban J connectivity index is 1.95. The molecule has 9 heteroatoms. The van der Waals surface area contributed by atoms with Crippen LogP contribution in [0.4, 0.5) is 0 Å². The first-order valence-electron chi connectivity index (χ1n) is 9.22. The van der Waals surface area contributed by atoms with Gasteiger partial charge in [-0.3, -0.25) is 0 Å². The van der Waals surface area contributed by atoms with Crippen molar-refractivity contribution in [1.82, 2.24) is 0 Å². The maximum Gasteiger partial charge on any atom is 0.338 e. The standard InChI is InChI=1S/C21H22Cl2O7/c1-3-27-20(25)13-5-7-16(22)18(9-13)29-11-15(24)12-30-19-10-14(6-8-17(19)23)21(26)28-4-2/h5-10,15,24H,3-4,11-12H2,1-2H3. The lowest BCUT2D eigenvalue weighted by Crippen LogP contribution is -2.25. The smallest absolute Gasteiger partial charge is 0.338 e. The predicted octanol–water partition coefficient (Wildman–Crippen LogP) is 4.17. The minimum atomic E-state index is -1.03. The van der Waals surface area contributed by atoms with Crippen LogP contribution in [0.3, 0.4) is 0 Å². The number of rotatable bonds is 10. The number of halogens is 2. The summed E-state index contributed by atoms with van der Waals surface area (Å²) >= 11 is 12.2. The number of benzene rings is 2. The molecule has 0 aliphatic rings. The SMILES string of the molecule is CCOC(=O)c1ccc(Cl)c(OCC(O)COc2cc(C(=O)OCC)ccc2Cl)c1. The average molecular weight is 457 g/mol. The van der Waals surface area contributed by atoms with E-state index < -0.39 is 18.0 Å². The Bertz CT molecular complexity index is 814. The monoisotopic (exact) mass is 456 g/mol. The summed E-state index contributed by atoms with van der Waals surface area (Å²) in [4.78, 5) is 23.6. The third-order valence-electron chi connectivity index (χ3n) is 3.75. The number of hydrogen-bond acceptors (Lipinski definition) is 7. The van der Waals surface area contributed by atoms with Gasteiger partial charge < -0.3 is 24.1 Å². The van der Waals surface area contributed by atoms with Crippen molar-refractivity contribution in [3.63, 3.8) is 0 Å². The first-order valence-corrected chi connectivity index (χ1v) is 9.98. The molecule has 2 rings (SSSR count). The zero-order chi connectivity index (χ0) is 22.1. The van der Waals surface area contributed by atoms with Gasteiger partial charge in [0.25, 0.3) is 0 Å². The van der Waals surface area contributed by atoms with Crippen molar-refractivity contribution < 1.29 is 33.6 Å². The van der Waals surface area contributed by atoms with E-state index in [2.05, 4.69) is 0 Å². The predicted molar refractivity (Wildman–Crippen MR) is 112 cm³/mol. The number of ether oxygens (including phenoxy) is 4. The summed E-state index contributed by atoms with van der Waals surface area (Å²) in [6.07, 6.45) is -1.03. The van der Waals surface area contributed by atoms with Gasteiger partial charge in [-0.2, -0.15) is 0 Å². The quantitative estimate of drug-likeness (QED) is 0.536. The maximum absolute atomic E-state index is 11.8. The second-order valence-corrected chi connectivity index (χ2v) is 6.82. The summed E-state index contributed by atoms with van der Waals surface area (Å²) in [6, 6.07) is 8.93.